The smallest absolute Gasteiger partial charge is 0.0896 e. The van der Waals surface area contributed by atoms with Crippen LogP contribution in [-0.4, -0.2) is 14.6 Å². The molecular formula is C14H14ClN5. The summed E-state index contributed by atoms with van der Waals surface area (Å²) in [5, 5.41) is 5.02. The summed E-state index contributed by atoms with van der Waals surface area (Å²) in [6.07, 6.45) is 7.05. The summed E-state index contributed by atoms with van der Waals surface area (Å²) in [6.45, 7) is 1.97. The van der Waals surface area contributed by atoms with Gasteiger partial charge < -0.3 is 0 Å². The molecule has 0 fully saturated rings. The second kappa shape index (κ2) is 5.20. The fraction of sp³-hybridized carbons (Fsp3) is 0.143. The molecule has 0 bridgehead atoms. The molecule has 0 aliphatic heterocycles. The van der Waals surface area contributed by atoms with E-state index in [0.717, 1.165) is 27.2 Å². The van der Waals surface area contributed by atoms with E-state index in [1.54, 1.807) is 29.3 Å². The largest absolute Gasteiger partial charge is 0.271 e. The van der Waals surface area contributed by atoms with E-state index in [0.29, 0.717) is 0 Å². The third-order valence-corrected chi connectivity index (χ3v) is 3.77. The lowest BCUT2D eigenvalue weighted by Crippen LogP contribution is -2.28. The molecule has 2 heterocycles. The van der Waals surface area contributed by atoms with Gasteiger partial charge in [-0.3, -0.25) is 10.8 Å². The summed E-state index contributed by atoms with van der Waals surface area (Å²) in [5.74, 6) is 5.72. The number of nitrogens with zero attached hydrogens (tertiary/aromatic N) is 3. The van der Waals surface area contributed by atoms with Gasteiger partial charge in [-0.25, -0.2) is 9.94 Å². The Morgan fingerprint density at radius 2 is 2.20 bits per heavy atom. The van der Waals surface area contributed by atoms with Gasteiger partial charge >= 0.3 is 0 Å². The molecule has 1 unspecified atom stereocenters. The van der Waals surface area contributed by atoms with Crippen LogP contribution in [0.5, 0.6) is 0 Å². The Kier molecular flexibility index (Phi) is 3.40. The van der Waals surface area contributed by atoms with Crippen molar-refractivity contribution in [3.8, 4) is 0 Å². The van der Waals surface area contributed by atoms with Crippen LogP contribution in [0.15, 0.2) is 43.0 Å². The predicted molar refractivity (Wildman–Crippen MR) is 78.3 cm³/mol. The summed E-state index contributed by atoms with van der Waals surface area (Å²) >= 11 is 6.19. The van der Waals surface area contributed by atoms with E-state index >= 15 is 0 Å². The maximum absolute atomic E-state index is 6.19. The minimum atomic E-state index is -0.185. The Bertz CT molecular complexity index is 752. The normalized spacial score (nSPS) is 12.8. The summed E-state index contributed by atoms with van der Waals surface area (Å²) in [4.78, 5) is 4.13. The Morgan fingerprint density at radius 3 is 2.95 bits per heavy atom. The predicted octanol–water partition coefficient (Wildman–Crippen LogP) is 2.24. The fourth-order valence-corrected chi connectivity index (χ4v) is 2.42. The van der Waals surface area contributed by atoms with Crippen molar-refractivity contribution in [2.45, 2.75) is 13.0 Å². The van der Waals surface area contributed by atoms with Crippen molar-refractivity contribution in [3.63, 3.8) is 0 Å². The molecule has 20 heavy (non-hydrogen) atoms. The monoisotopic (exact) mass is 287 g/mol. The van der Waals surface area contributed by atoms with E-state index in [2.05, 4.69) is 15.5 Å². The number of hydrogen-bond acceptors (Lipinski definition) is 4. The lowest BCUT2D eigenvalue weighted by atomic mass is 10.00. The third-order valence-electron chi connectivity index (χ3n) is 3.36. The molecule has 1 aromatic carbocycles. The molecule has 0 saturated carbocycles. The zero-order valence-corrected chi connectivity index (χ0v) is 11.7. The van der Waals surface area contributed by atoms with Gasteiger partial charge in [0.1, 0.15) is 0 Å². The van der Waals surface area contributed by atoms with Crippen molar-refractivity contribution >= 4 is 17.1 Å². The van der Waals surface area contributed by atoms with E-state index in [1.165, 1.54) is 0 Å². The molecule has 0 spiro atoms. The average Bonchev–Trinajstić information content (AvgIpc) is 2.88. The number of halogens is 1. The summed E-state index contributed by atoms with van der Waals surface area (Å²) in [6, 6.07) is 5.72. The second-order valence-electron chi connectivity index (χ2n) is 4.61. The standard InChI is InChI=1S/C14H14ClN5/c1-9-2-3-10(6-12(9)15)14(19-16)11-7-18-20-5-4-17-8-13(11)20/h2-8,14,19H,16H2,1H3. The summed E-state index contributed by atoms with van der Waals surface area (Å²) in [7, 11) is 0. The Labute approximate surface area is 121 Å². The maximum atomic E-state index is 6.19. The van der Waals surface area contributed by atoms with Crippen molar-refractivity contribution in [3.05, 3.63) is 64.7 Å². The van der Waals surface area contributed by atoms with Crippen LogP contribution in [0.25, 0.3) is 5.52 Å². The van der Waals surface area contributed by atoms with Crippen LogP contribution in [-0.2, 0) is 0 Å². The first-order chi connectivity index (χ1) is 9.70. The van der Waals surface area contributed by atoms with Gasteiger partial charge in [0, 0.05) is 23.0 Å². The fourth-order valence-electron chi connectivity index (χ4n) is 2.23. The number of hydrazine groups is 1. The second-order valence-corrected chi connectivity index (χ2v) is 5.02. The molecular weight excluding hydrogens is 274 g/mol. The van der Waals surface area contributed by atoms with E-state index < -0.39 is 0 Å². The van der Waals surface area contributed by atoms with Gasteiger partial charge in [-0.1, -0.05) is 23.7 Å². The highest BCUT2D eigenvalue weighted by molar-refractivity contribution is 6.31. The first-order valence-electron chi connectivity index (χ1n) is 6.20. The number of nitrogens with two attached hydrogens (primary N) is 1. The van der Waals surface area contributed by atoms with Gasteiger partial charge in [-0.2, -0.15) is 5.10 Å². The van der Waals surface area contributed by atoms with Crippen LogP contribution in [0.4, 0.5) is 0 Å². The van der Waals surface area contributed by atoms with Crippen molar-refractivity contribution in [2.24, 2.45) is 5.84 Å². The van der Waals surface area contributed by atoms with Gasteiger partial charge in [0.2, 0.25) is 0 Å². The van der Waals surface area contributed by atoms with Crippen molar-refractivity contribution in [1.82, 2.24) is 20.0 Å². The van der Waals surface area contributed by atoms with E-state index in [4.69, 9.17) is 17.4 Å². The van der Waals surface area contributed by atoms with Gasteiger partial charge in [0.05, 0.1) is 24.0 Å². The molecule has 5 nitrogen and oxygen atoms in total. The molecule has 0 aliphatic rings. The van der Waals surface area contributed by atoms with E-state index in [-0.39, 0.29) is 6.04 Å². The highest BCUT2D eigenvalue weighted by atomic mass is 35.5. The molecule has 1 atom stereocenters. The summed E-state index contributed by atoms with van der Waals surface area (Å²) in [5.41, 5.74) is 6.71. The average molecular weight is 288 g/mol. The first-order valence-corrected chi connectivity index (χ1v) is 6.58. The summed E-state index contributed by atoms with van der Waals surface area (Å²) < 4.78 is 1.77. The number of nitrogens with one attached hydrogen (secondary N) is 1. The lowest BCUT2D eigenvalue weighted by Gasteiger charge is -2.16. The van der Waals surface area contributed by atoms with Crippen LogP contribution in [0, 0.1) is 6.92 Å². The molecule has 102 valence electrons. The maximum Gasteiger partial charge on any atom is 0.0896 e. The molecule has 3 N–H and O–H groups in total. The third kappa shape index (κ3) is 2.16. The zero-order chi connectivity index (χ0) is 14.1. The Morgan fingerprint density at radius 1 is 1.35 bits per heavy atom. The number of rotatable bonds is 3. The molecule has 3 rings (SSSR count). The molecule has 3 aromatic rings. The van der Waals surface area contributed by atoms with E-state index in [1.807, 2.05) is 25.1 Å². The van der Waals surface area contributed by atoms with Gasteiger partial charge in [0.25, 0.3) is 0 Å². The van der Waals surface area contributed by atoms with Crippen molar-refractivity contribution < 1.29 is 0 Å². The quantitative estimate of drug-likeness (QED) is 0.573. The highest BCUT2D eigenvalue weighted by Gasteiger charge is 2.18. The minimum Gasteiger partial charge on any atom is -0.271 e. The molecule has 0 radical (unpaired) electrons. The molecule has 0 saturated heterocycles. The SMILES string of the molecule is Cc1ccc(C(NN)c2cnn3ccncc23)cc1Cl. The lowest BCUT2D eigenvalue weighted by molar-refractivity contribution is 0.640. The van der Waals surface area contributed by atoms with Gasteiger partial charge in [0.15, 0.2) is 0 Å². The Balaban J connectivity index is 2.11. The van der Waals surface area contributed by atoms with Crippen LogP contribution in [0.3, 0.4) is 0 Å². The minimum absolute atomic E-state index is 0.185. The first kappa shape index (κ1) is 13.1. The van der Waals surface area contributed by atoms with Gasteiger partial charge in [-0.15, -0.1) is 0 Å². The number of aromatic nitrogens is 3. The number of aryl methyl sites for hydroxylation is 1. The topological polar surface area (TPSA) is 68.2 Å². The Hall–Kier alpha value is -1.95. The van der Waals surface area contributed by atoms with Gasteiger partial charge in [-0.05, 0) is 24.1 Å². The number of fused-ring (bicyclic) bond motifs is 1. The molecule has 0 aliphatic carbocycles. The van der Waals surface area contributed by atoms with Crippen LogP contribution in [0.2, 0.25) is 5.02 Å². The van der Waals surface area contributed by atoms with Crippen molar-refractivity contribution in [1.29, 1.82) is 0 Å². The van der Waals surface area contributed by atoms with Crippen molar-refractivity contribution in [2.75, 3.05) is 0 Å². The molecule has 2 aromatic heterocycles. The van der Waals surface area contributed by atoms with Crippen LogP contribution < -0.4 is 11.3 Å². The van der Waals surface area contributed by atoms with Crippen LogP contribution in [0.1, 0.15) is 22.7 Å². The van der Waals surface area contributed by atoms with Crippen LogP contribution >= 0.6 is 11.6 Å². The highest BCUT2D eigenvalue weighted by Crippen LogP contribution is 2.27. The number of benzene rings is 1. The number of hydrogen-bond donors (Lipinski definition) is 2. The molecule has 0 amide bonds. The zero-order valence-electron chi connectivity index (χ0n) is 10.9. The molecule has 6 heteroatoms. The van der Waals surface area contributed by atoms with E-state index in [9.17, 15) is 0 Å².